The molecule has 4 saturated heterocycles. The highest BCUT2D eigenvalue weighted by molar-refractivity contribution is 5.88. The van der Waals surface area contributed by atoms with Crippen molar-refractivity contribution in [1.82, 2.24) is 0 Å². The summed E-state index contributed by atoms with van der Waals surface area (Å²) in [5, 5.41) is 137. The maximum atomic E-state index is 14.5. The third-order valence-electron chi connectivity index (χ3n) is 11.3. The number of fused-ring (bicyclic) bond motifs is 1. The second kappa shape index (κ2) is 18.3. The van der Waals surface area contributed by atoms with Crippen LogP contribution in [0.1, 0.15) is 20.8 Å². The van der Waals surface area contributed by atoms with Crippen LogP contribution in [-0.4, -0.2) is 196 Å². The molecule has 23 heteroatoms. The van der Waals surface area contributed by atoms with Crippen LogP contribution in [0.3, 0.4) is 0 Å². The largest absolute Gasteiger partial charge is 0.508 e. The molecule has 0 radical (unpaired) electrons. The first-order valence-electron chi connectivity index (χ1n) is 19.6. The first-order chi connectivity index (χ1) is 29.3. The molecule has 5 heterocycles. The van der Waals surface area contributed by atoms with Crippen LogP contribution in [0.2, 0.25) is 0 Å². The molecule has 0 bridgehead atoms. The molecule has 344 valence electrons. The summed E-state index contributed by atoms with van der Waals surface area (Å²) < 4.78 is 52.0. The molecular weight excluding hydrogens is 836 g/mol. The van der Waals surface area contributed by atoms with Gasteiger partial charge in [0.1, 0.15) is 101 Å². The van der Waals surface area contributed by atoms with Crippen LogP contribution in [0, 0.1) is 0 Å². The molecule has 4 aliphatic rings. The zero-order valence-corrected chi connectivity index (χ0v) is 33.1. The van der Waals surface area contributed by atoms with Crippen molar-refractivity contribution in [2.24, 2.45) is 0 Å². The average Bonchev–Trinajstić information content (AvgIpc) is 3.24. The molecule has 0 saturated carbocycles. The van der Waals surface area contributed by atoms with Crippen LogP contribution in [0.15, 0.2) is 45.6 Å². The van der Waals surface area contributed by atoms with Crippen molar-refractivity contribution < 1.29 is 109 Å². The second-order valence-corrected chi connectivity index (χ2v) is 15.7. The zero-order valence-electron chi connectivity index (χ0n) is 33.1. The standard InChI is InChI=1S/C39H50O23/c1-11-21(42)26(47)30(51)36(55-11)54-10-19-24(45)29(50)35(62-38-32(53)28(49)23(44)13(3)57-38)39(60-19)61-34-25(46)20-17(41)8-16(58-37-31(52)27(48)22(43)12(2)56-37)9-18(20)59-33(34)14-4-6-15(40)7-5-14/h4-9,11-13,19,21-24,26-32,35-45,47-53H,10H2,1-3H3/t11-,12+,13-,19-,21-,22+,23-,24+,26+,27-,28+,29+,30+,31-,32+,35-,36+,37+,38-,39+/m1/s1. The van der Waals surface area contributed by atoms with Crippen LogP contribution < -0.4 is 14.9 Å². The molecule has 0 aliphatic carbocycles. The van der Waals surface area contributed by atoms with Gasteiger partial charge in [0, 0.05) is 17.7 Å². The van der Waals surface area contributed by atoms with Crippen LogP contribution in [0.25, 0.3) is 22.3 Å². The van der Waals surface area contributed by atoms with E-state index in [0.29, 0.717) is 0 Å². The van der Waals surface area contributed by atoms with Crippen molar-refractivity contribution in [2.75, 3.05) is 6.61 Å². The Hall–Kier alpha value is -3.83. The van der Waals surface area contributed by atoms with Crippen molar-refractivity contribution in [3.8, 4) is 34.3 Å². The van der Waals surface area contributed by atoms with Gasteiger partial charge in [-0.3, -0.25) is 4.79 Å². The lowest BCUT2D eigenvalue weighted by molar-refractivity contribution is -0.360. The second-order valence-electron chi connectivity index (χ2n) is 15.7. The summed E-state index contributed by atoms with van der Waals surface area (Å²) in [6.45, 7) is 3.47. The number of ether oxygens (including phenoxy) is 8. The molecule has 0 amide bonds. The number of aliphatic hydroxyl groups excluding tert-OH is 11. The Kier molecular flexibility index (Phi) is 13.7. The van der Waals surface area contributed by atoms with Gasteiger partial charge in [0.2, 0.25) is 23.8 Å². The lowest BCUT2D eigenvalue weighted by Crippen LogP contribution is -2.65. The third kappa shape index (κ3) is 8.83. The lowest BCUT2D eigenvalue weighted by Gasteiger charge is -2.46. The number of aromatic hydroxyl groups is 2. The number of benzene rings is 2. The van der Waals surface area contributed by atoms with Crippen LogP contribution >= 0.6 is 0 Å². The topological polar surface area (TPSA) is 367 Å². The summed E-state index contributed by atoms with van der Waals surface area (Å²) in [4.78, 5) is 14.5. The predicted octanol–water partition coefficient (Wildman–Crippen LogP) is -4.04. The zero-order chi connectivity index (χ0) is 45.1. The molecule has 23 nitrogen and oxygen atoms in total. The fourth-order valence-corrected chi connectivity index (χ4v) is 7.50. The van der Waals surface area contributed by atoms with Gasteiger partial charge in [0.25, 0.3) is 0 Å². The number of aliphatic hydroxyl groups is 11. The highest BCUT2D eigenvalue weighted by atomic mass is 16.8. The van der Waals surface area contributed by atoms with Gasteiger partial charge in [-0.05, 0) is 45.0 Å². The highest BCUT2D eigenvalue weighted by Crippen LogP contribution is 2.39. The fraction of sp³-hybridized carbons (Fsp3) is 0.615. The van der Waals surface area contributed by atoms with E-state index < -0.39 is 158 Å². The smallest absolute Gasteiger partial charge is 0.239 e. The molecule has 0 spiro atoms. The number of hydrogen-bond donors (Lipinski definition) is 13. The van der Waals surface area contributed by atoms with Gasteiger partial charge in [0.05, 0.1) is 24.9 Å². The van der Waals surface area contributed by atoms with Crippen molar-refractivity contribution in [3.05, 3.63) is 46.6 Å². The summed E-state index contributed by atoms with van der Waals surface area (Å²) >= 11 is 0. The molecular formula is C39H50O23. The molecule has 4 aliphatic heterocycles. The van der Waals surface area contributed by atoms with E-state index >= 15 is 0 Å². The molecule has 4 fully saturated rings. The van der Waals surface area contributed by atoms with Crippen molar-refractivity contribution in [1.29, 1.82) is 0 Å². The van der Waals surface area contributed by atoms with E-state index in [-0.39, 0.29) is 22.6 Å². The minimum absolute atomic E-state index is 0.0728. The lowest BCUT2D eigenvalue weighted by atomic mass is 9.97. The van der Waals surface area contributed by atoms with Crippen molar-refractivity contribution in [2.45, 2.75) is 144 Å². The molecule has 13 N–H and O–H groups in total. The number of phenols is 2. The van der Waals surface area contributed by atoms with E-state index in [0.717, 1.165) is 12.1 Å². The van der Waals surface area contributed by atoms with E-state index in [4.69, 9.17) is 42.3 Å². The Labute approximate surface area is 350 Å². The normalized spacial score (nSPS) is 41.5. The number of phenolic OH excluding ortho intramolecular Hbond substituents is 2. The van der Waals surface area contributed by atoms with Crippen molar-refractivity contribution in [3.63, 3.8) is 0 Å². The third-order valence-corrected chi connectivity index (χ3v) is 11.3. The van der Waals surface area contributed by atoms with Gasteiger partial charge in [-0.2, -0.15) is 0 Å². The van der Waals surface area contributed by atoms with Gasteiger partial charge >= 0.3 is 0 Å². The van der Waals surface area contributed by atoms with Gasteiger partial charge in [0.15, 0.2) is 24.4 Å². The average molecular weight is 887 g/mol. The van der Waals surface area contributed by atoms with E-state index in [1.807, 2.05) is 0 Å². The number of rotatable bonds is 10. The van der Waals surface area contributed by atoms with E-state index in [2.05, 4.69) is 0 Å². The number of hydrogen-bond acceptors (Lipinski definition) is 23. The van der Waals surface area contributed by atoms with Crippen LogP contribution in [0.4, 0.5) is 0 Å². The van der Waals surface area contributed by atoms with Gasteiger partial charge in [-0.1, -0.05) is 0 Å². The van der Waals surface area contributed by atoms with Crippen molar-refractivity contribution >= 4 is 11.0 Å². The quantitative estimate of drug-likeness (QED) is 0.0921. The monoisotopic (exact) mass is 886 g/mol. The fourth-order valence-electron chi connectivity index (χ4n) is 7.50. The minimum Gasteiger partial charge on any atom is -0.508 e. The Morgan fingerprint density at radius 1 is 0.565 bits per heavy atom. The maximum absolute atomic E-state index is 14.5. The van der Waals surface area contributed by atoms with Gasteiger partial charge in [-0.25, -0.2) is 0 Å². The molecule has 0 unspecified atom stereocenters. The first-order valence-corrected chi connectivity index (χ1v) is 19.6. The molecule has 1 aromatic heterocycles. The van der Waals surface area contributed by atoms with E-state index in [1.54, 1.807) is 0 Å². The molecule has 3 aromatic rings. The van der Waals surface area contributed by atoms with Crippen LogP contribution in [0.5, 0.6) is 23.0 Å². The Balaban J connectivity index is 1.27. The molecule has 62 heavy (non-hydrogen) atoms. The Morgan fingerprint density at radius 2 is 1.10 bits per heavy atom. The summed E-state index contributed by atoms with van der Waals surface area (Å²) in [7, 11) is 0. The van der Waals surface area contributed by atoms with Gasteiger partial charge in [-0.15, -0.1) is 0 Å². The maximum Gasteiger partial charge on any atom is 0.239 e. The summed E-state index contributed by atoms with van der Waals surface area (Å²) in [5.74, 6) is -2.31. The molecule has 2 aromatic carbocycles. The predicted molar refractivity (Wildman–Crippen MR) is 201 cm³/mol. The van der Waals surface area contributed by atoms with E-state index in [9.17, 15) is 71.2 Å². The Morgan fingerprint density at radius 3 is 1.69 bits per heavy atom. The van der Waals surface area contributed by atoms with Crippen LogP contribution in [-0.2, 0) is 28.4 Å². The minimum atomic E-state index is -2.06. The summed E-state index contributed by atoms with van der Waals surface area (Å²) in [5.41, 5.74) is -1.36. The highest BCUT2D eigenvalue weighted by Gasteiger charge is 2.52. The Bertz CT molecular complexity index is 2060. The first kappa shape index (κ1) is 46.2. The summed E-state index contributed by atoms with van der Waals surface area (Å²) in [6, 6.07) is 7.21. The van der Waals surface area contributed by atoms with E-state index in [1.165, 1.54) is 45.0 Å². The molecule has 7 rings (SSSR count). The summed E-state index contributed by atoms with van der Waals surface area (Å²) in [6.07, 6.45) is -32.8. The molecule has 20 atom stereocenters. The van der Waals surface area contributed by atoms with Gasteiger partial charge < -0.3 is 109 Å². The SMILES string of the molecule is C[C@@H]1O[C@@H](Oc2cc(O)c3c(=O)c(O[C@@H]4O[C@H](CO[C@H]5O[C@H](C)[C@@H](O)[C@H](O)[C@@H]5O)[C@H](O)[C@H](O)[C@H]4O[C@H]4O[C@H](C)[C@@H](O)[C@H](O)[C@@H]4O)c(-c4ccc(O)cc4)oc3c2)[C@H](O)[C@H](O)[C@H]1O.